The number of anilines is 1. The van der Waals surface area contributed by atoms with Gasteiger partial charge in [-0.05, 0) is 19.1 Å². The molecule has 14 heavy (non-hydrogen) atoms. The van der Waals surface area contributed by atoms with E-state index in [0.717, 1.165) is 0 Å². The number of urea groups is 1. The first-order valence-corrected chi connectivity index (χ1v) is 4.47. The van der Waals surface area contributed by atoms with Crippen LogP contribution < -0.4 is 10.2 Å². The lowest BCUT2D eigenvalue weighted by molar-refractivity contribution is 0.248. The van der Waals surface area contributed by atoms with Gasteiger partial charge in [-0.15, -0.1) is 0 Å². The predicted octanol–water partition coefficient (Wildman–Crippen LogP) is 1.56. The molecule has 0 aliphatic rings. The number of aromatic hydroxyl groups is 1. The van der Waals surface area contributed by atoms with Gasteiger partial charge >= 0.3 is 6.03 Å². The van der Waals surface area contributed by atoms with E-state index in [0.29, 0.717) is 12.2 Å². The summed E-state index contributed by atoms with van der Waals surface area (Å²) < 4.78 is 0. The van der Waals surface area contributed by atoms with Crippen molar-refractivity contribution in [2.45, 2.75) is 6.92 Å². The van der Waals surface area contributed by atoms with Gasteiger partial charge in [-0.2, -0.15) is 0 Å². The molecule has 1 rings (SSSR count). The summed E-state index contributed by atoms with van der Waals surface area (Å²) in [6, 6.07) is 6.42. The van der Waals surface area contributed by atoms with Gasteiger partial charge in [0.2, 0.25) is 0 Å². The highest BCUT2D eigenvalue weighted by molar-refractivity contribution is 5.91. The maximum Gasteiger partial charge on any atom is 0.321 e. The Morgan fingerprint density at radius 1 is 1.57 bits per heavy atom. The number of phenols is 1. The fourth-order valence-corrected chi connectivity index (χ4v) is 1.24. The van der Waals surface area contributed by atoms with Gasteiger partial charge in [0.25, 0.3) is 0 Å². The zero-order chi connectivity index (χ0) is 10.6. The minimum absolute atomic E-state index is 0.157. The fraction of sp³-hybridized carbons (Fsp3) is 0.300. The normalized spacial score (nSPS) is 9.57. The smallest absolute Gasteiger partial charge is 0.321 e. The Morgan fingerprint density at radius 3 is 2.79 bits per heavy atom. The molecular formula is C10H14N2O2. The number of amides is 2. The summed E-state index contributed by atoms with van der Waals surface area (Å²) in [6.07, 6.45) is 0. The predicted molar refractivity (Wildman–Crippen MR) is 55.6 cm³/mol. The lowest BCUT2D eigenvalue weighted by atomic mass is 10.3. The molecule has 1 aromatic carbocycles. The van der Waals surface area contributed by atoms with Gasteiger partial charge in [0, 0.05) is 25.3 Å². The van der Waals surface area contributed by atoms with Crippen molar-refractivity contribution >= 4 is 11.7 Å². The standard InChI is InChI=1S/C10H14N2O2/c1-3-12(10(14)11-2)8-5-4-6-9(13)7-8/h4-7,13H,3H2,1-2H3,(H,11,14). The van der Waals surface area contributed by atoms with E-state index in [2.05, 4.69) is 5.32 Å². The number of carbonyl (C=O) groups is 1. The molecule has 76 valence electrons. The Hall–Kier alpha value is -1.71. The third-order valence-electron chi connectivity index (χ3n) is 1.92. The van der Waals surface area contributed by atoms with Crippen LogP contribution >= 0.6 is 0 Å². The number of phenolic OH excluding ortho intramolecular Hbond substituents is 1. The largest absolute Gasteiger partial charge is 0.508 e. The van der Waals surface area contributed by atoms with E-state index in [1.165, 1.54) is 0 Å². The monoisotopic (exact) mass is 194 g/mol. The first kappa shape index (κ1) is 10.4. The Bertz CT molecular complexity index is 326. The molecule has 0 fully saturated rings. The molecular weight excluding hydrogens is 180 g/mol. The average Bonchev–Trinajstić information content (AvgIpc) is 2.19. The van der Waals surface area contributed by atoms with Crippen LogP contribution in [0.15, 0.2) is 24.3 Å². The van der Waals surface area contributed by atoms with E-state index in [-0.39, 0.29) is 11.8 Å². The van der Waals surface area contributed by atoms with Crippen LogP contribution in [0.25, 0.3) is 0 Å². The van der Waals surface area contributed by atoms with Gasteiger partial charge in [0.1, 0.15) is 5.75 Å². The maximum atomic E-state index is 11.4. The van der Waals surface area contributed by atoms with Crippen LogP contribution in [0, 0.1) is 0 Å². The zero-order valence-corrected chi connectivity index (χ0v) is 8.32. The molecule has 4 heteroatoms. The fourth-order valence-electron chi connectivity index (χ4n) is 1.24. The number of rotatable bonds is 2. The average molecular weight is 194 g/mol. The number of nitrogens with one attached hydrogen (secondary N) is 1. The van der Waals surface area contributed by atoms with Gasteiger partial charge in [0.05, 0.1) is 0 Å². The third kappa shape index (κ3) is 2.16. The molecule has 0 bridgehead atoms. The van der Waals surface area contributed by atoms with E-state index >= 15 is 0 Å². The molecule has 0 saturated heterocycles. The summed E-state index contributed by atoms with van der Waals surface area (Å²) in [5.74, 6) is 0.157. The molecule has 0 radical (unpaired) electrons. The topological polar surface area (TPSA) is 52.6 Å². The van der Waals surface area contributed by atoms with Crippen LogP contribution in [0.3, 0.4) is 0 Å². The molecule has 0 unspecified atom stereocenters. The summed E-state index contributed by atoms with van der Waals surface area (Å²) in [6.45, 7) is 2.43. The second-order valence-corrected chi connectivity index (χ2v) is 2.82. The van der Waals surface area contributed by atoms with Crippen LogP contribution in [-0.2, 0) is 0 Å². The molecule has 1 aromatic rings. The Kier molecular flexibility index (Phi) is 3.34. The van der Waals surface area contributed by atoms with Gasteiger partial charge in [0.15, 0.2) is 0 Å². The van der Waals surface area contributed by atoms with Gasteiger partial charge < -0.3 is 10.4 Å². The molecule has 0 aromatic heterocycles. The van der Waals surface area contributed by atoms with Crippen LogP contribution in [0.4, 0.5) is 10.5 Å². The molecule has 0 saturated carbocycles. The van der Waals surface area contributed by atoms with Crippen LogP contribution in [0.5, 0.6) is 5.75 Å². The van der Waals surface area contributed by atoms with E-state index < -0.39 is 0 Å². The minimum Gasteiger partial charge on any atom is -0.508 e. The molecule has 0 aliphatic heterocycles. The van der Waals surface area contributed by atoms with E-state index in [1.54, 1.807) is 36.2 Å². The van der Waals surface area contributed by atoms with Crippen molar-refractivity contribution in [3.8, 4) is 5.75 Å². The summed E-state index contributed by atoms with van der Waals surface area (Å²) in [5.41, 5.74) is 0.687. The third-order valence-corrected chi connectivity index (χ3v) is 1.92. The molecule has 0 spiro atoms. The second-order valence-electron chi connectivity index (χ2n) is 2.82. The number of benzene rings is 1. The highest BCUT2D eigenvalue weighted by Crippen LogP contribution is 2.19. The van der Waals surface area contributed by atoms with E-state index in [9.17, 15) is 9.90 Å². The highest BCUT2D eigenvalue weighted by Gasteiger charge is 2.11. The van der Waals surface area contributed by atoms with Crippen molar-refractivity contribution in [2.24, 2.45) is 0 Å². The van der Waals surface area contributed by atoms with Crippen molar-refractivity contribution in [3.63, 3.8) is 0 Å². The SMILES string of the molecule is CCN(C(=O)NC)c1cccc(O)c1. The van der Waals surface area contributed by atoms with Crippen molar-refractivity contribution in [1.29, 1.82) is 0 Å². The number of hydrogen-bond acceptors (Lipinski definition) is 2. The molecule has 2 N–H and O–H groups in total. The Labute approximate surface area is 83.2 Å². The lowest BCUT2D eigenvalue weighted by Gasteiger charge is -2.20. The van der Waals surface area contributed by atoms with Gasteiger partial charge in [-0.3, -0.25) is 4.90 Å². The van der Waals surface area contributed by atoms with Crippen LogP contribution in [0.2, 0.25) is 0 Å². The quantitative estimate of drug-likeness (QED) is 0.750. The summed E-state index contributed by atoms with van der Waals surface area (Å²) in [5, 5.41) is 11.8. The molecule has 0 atom stereocenters. The summed E-state index contributed by atoms with van der Waals surface area (Å²) >= 11 is 0. The minimum atomic E-state index is -0.182. The van der Waals surface area contributed by atoms with E-state index in [4.69, 9.17) is 0 Å². The second kappa shape index (κ2) is 4.50. The summed E-state index contributed by atoms with van der Waals surface area (Å²) in [7, 11) is 1.58. The summed E-state index contributed by atoms with van der Waals surface area (Å²) in [4.78, 5) is 12.9. The van der Waals surface area contributed by atoms with Crippen molar-refractivity contribution in [3.05, 3.63) is 24.3 Å². The van der Waals surface area contributed by atoms with Crippen LogP contribution in [-0.4, -0.2) is 24.7 Å². The Morgan fingerprint density at radius 2 is 2.29 bits per heavy atom. The van der Waals surface area contributed by atoms with Crippen molar-refractivity contribution < 1.29 is 9.90 Å². The molecule has 0 aliphatic carbocycles. The Balaban J connectivity index is 2.94. The van der Waals surface area contributed by atoms with Gasteiger partial charge in [-0.1, -0.05) is 6.07 Å². The molecule has 4 nitrogen and oxygen atoms in total. The first-order chi connectivity index (χ1) is 6.69. The molecule has 0 heterocycles. The lowest BCUT2D eigenvalue weighted by Crippen LogP contribution is -2.37. The number of carbonyl (C=O) groups excluding carboxylic acids is 1. The highest BCUT2D eigenvalue weighted by atomic mass is 16.3. The van der Waals surface area contributed by atoms with Crippen molar-refractivity contribution in [1.82, 2.24) is 5.32 Å². The van der Waals surface area contributed by atoms with E-state index in [1.807, 2.05) is 6.92 Å². The van der Waals surface area contributed by atoms with Crippen LogP contribution in [0.1, 0.15) is 6.92 Å². The zero-order valence-electron chi connectivity index (χ0n) is 8.32. The number of hydrogen-bond donors (Lipinski definition) is 2. The van der Waals surface area contributed by atoms with Gasteiger partial charge in [-0.25, -0.2) is 4.79 Å². The first-order valence-electron chi connectivity index (χ1n) is 4.47. The molecule has 2 amide bonds. The number of nitrogens with zero attached hydrogens (tertiary/aromatic N) is 1. The van der Waals surface area contributed by atoms with Crippen molar-refractivity contribution in [2.75, 3.05) is 18.5 Å². The maximum absolute atomic E-state index is 11.4.